The summed E-state index contributed by atoms with van der Waals surface area (Å²) in [6, 6.07) is 21.3. The van der Waals surface area contributed by atoms with Gasteiger partial charge in [-0.1, -0.05) is 54.6 Å². The summed E-state index contributed by atoms with van der Waals surface area (Å²) < 4.78 is 34.4. The Morgan fingerprint density at radius 1 is 0.930 bits per heavy atom. The molecule has 3 aromatic rings. The number of para-hydroxylation sites is 1. The Balaban J connectivity index is 1.18. The minimum atomic E-state index is -0.619. The van der Waals surface area contributed by atoms with Crippen LogP contribution in [0.25, 0.3) is 0 Å². The van der Waals surface area contributed by atoms with Crippen molar-refractivity contribution in [2.24, 2.45) is 5.92 Å². The molecule has 3 aliphatic heterocycles. The van der Waals surface area contributed by atoms with E-state index in [0.29, 0.717) is 51.1 Å². The van der Waals surface area contributed by atoms with Gasteiger partial charge in [-0.15, -0.1) is 0 Å². The average molecular weight is 588 g/mol. The van der Waals surface area contributed by atoms with Crippen LogP contribution in [0, 0.1) is 17.6 Å². The lowest BCUT2D eigenvalue weighted by atomic mass is 9.74. The zero-order valence-electron chi connectivity index (χ0n) is 25.1. The van der Waals surface area contributed by atoms with Gasteiger partial charge in [0.15, 0.2) is 0 Å². The van der Waals surface area contributed by atoms with Gasteiger partial charge in [0.25, 0.3) is 0 Å². The summed E-state index contributed by atoms with van der Waals surface area (Å²) in [6.07, 6.45) is 1.05. The number of ether oxygens (including phenoxy) is 1. The molecule has 0 radical (unpaired) electrons. The van der Waals surface area contributed by atoms with Gasteiger partial charge < -0.3 is 9.64 Å². The lowest BCUT2D eigenvalue weighted by Gasteiger charge is -2.41. The normalized spacial score (nSPS) is 21.7. The quantitative estimate of drug-likeness (QED) is 0.350. The summed E-state index contributed by atoms with van der Waals surface area (Å²) in [7, 11) is 0. The number of carbonyl (C=O) groups excluding carboxylic acids is 2. The van der Waals surface area contributed by atoms with Crippen LogP contribution in [0.4, 0.5) is 19.3 Å². The van der Waals surface area contributed by atoms with E-state index >= 15 is 0 Å². The molecule has 8 heteroatoms. The van der Waals surface area contributed by atoms with E-state index in [1.165, 1.54) is 12.1 Å². The molecule has 1 spiro atoms. The van der Waals surface area contributed by atoms with Crippen LogP contribution in [-0.4, -0.2) is 60.1 Å². The highest BCUT2D eigenvalue weighted by atomic mass is 19.1. The molecule has 3 aliphatic rings. The van der Waals surface area contributed by atoms with E-state index in [-0.39, 0.29) is 35.5 Å². The van der Waals surface area contributed by atoms with E-state index in [9.17, 15) is 18.4 Å². The molecule has 226 valence electrons. The predicted molar refractivity (Wildman–Crippen MR) is 162 cm³/mol. The van der Waals surface area contributed by atoms with Crippen molar-refractivity contribution in [2.45, 2.75) is 57.1 Å². The summed E-state index contributed by atoms with van der Waals surface area (Å²) in [6.45, 7) is 9.14. The zero-order chi connectivity index (χ0) is 30.4. The van der Waals surface area contributed by atoms with Crippen LogP contribution < -0.4 is 4.90 Å². The van der Waals surface area contributed by atoms with Crippen molar-refractivity contribution in [3.05, 3.63) is 101 Å². The molecule has 0 aromatic heterocycles. The van der Waals surface area contributed by atoms with Gasteiger partial charge in [0.1, 0.15) is 18.2 Å². The fraction of sp³-hybridized carbons (Fsp3) is 0.429. The first-order valence-electron chi connectivity index (χ1n) is 15.1. The number of carbonyl (C=O) groups is 2. The summed E-state index contributed by atoms with van der Waals surface area (Å²) in [5.74, 6) is -1.98. The third kappa shape index (κ3) is 5.65. The Morgan fingerprint density at radius 2 is 1.63 bits per heavy atom. The summed E-state index contributed by atoms with van der Waals surface area (Å²) in [4.78, 5) is 33.2. The van der Waals surface area contributed by atoms with Gasteiger partial charge in [-0.05, 0) is 62.4 Å². The smallest absolute Gasteiger partial charge is 0.414 e. The SMILES string of the molecule is CC(C)(C)N1CC(C(=O)N2CCC3(CC2)CN(C(=O)OCc2ccccc2)c2ccccc23)C(c2ccc(F)cc2F)C1. The molecule has 0 saturated carbocycles. The lowest BCUT2D eigenvalue weighted by Crippen LogP contribution is -2.50. The highest BCUT2D eigenvalue weighted by Gasteiger charge is 2.49. The number of benzene rings is 3. The van der Waals surface area contributed by atoms with Crippen LogP contribution in [0.2, 0.25) is 0 Å². The molecule has 2 saturated heterocycles. The van der Waals surface area contributed by atoms with Crippen molar-refractivity contribution in [2.75, 3.05) is 37.6 Å². The molecular formula is C35H39F2N3O3. The van der Waals surface area contributed by atoms with Gasteiger partial charge in [0.05, 0.1) is 11.6 Å². The molecule has 2 amide bonds. The van der Waals surface area contributed by atoms with Crippen molar-refractivity contribution in [1.29, 1.82) is 0 Å². The number of hydrogen-bond acceptors (Lipinski definition) is 4. The maximum Gasteiger partial charge on any atom is 0.414 e. The first-order chi connectivity index (χ1) is 20.6. The Bertz CT molecular complexity index is 1500. The minimum Gasteiger partial charge on any atom is -0.444 e. The molecule has 2 fully saturated rings. The van der Waals surface area contributed by atoms with E-state index < -0.39 is 17.6 Å². The molecule has 0 aliphatic carbocycles. The first kappa shape index (κ1) is 29.3. The number of nitrogens with zero attached hydrogens (tertiary/aromatic N) is 3. The van der Waals surface area contributed by atoms with E-state index in [1.807, 2.05) is 53.4 Å². The number of likely N-dealkylation sites (tertiary alicyclic amines) is 2. The van der Waals surface area contributed by atoms with Crippen LogP contribution >= 0.6 is 0 Å². The first-order valence-corrected chi connectivity index (χ1v) is 15.1. The summed E-state index contributed by atoms with van der Waals surface area (Å²) in [5.41, 5.74) is 2.85. The van der Waals surface area contributed by atoms with Crippen LogP contribution in [0.1, 0.15) is 56.2 Å². The number of piperidine rings is 1. The maximum absolute atomic E-state index is 15.0. The van der Waals surface area contributed by atoms with Crippen LogP contribution in [-0.2, 0) is 21.6 Å². The monoisotopic (exact) mass is 587 g/mol. The third-order valence-electron chi connectivity index (χ3n) is 9.63. The lowest BCUT2D eigenvalue weighted by molar-refractivity contribution is -0.137. The van der Waals surface area contributed by atoms with Crippen LogP contribution in [0.5, 0.6) is 0 Å². The Hall–Kier alpha value is -3.78. The predicted octanol–water partition coefficient (Wildman–Crippen LogP) is 6.50. The Kier molecular flexibility index (Phi) is 7.75. The molecule has 2 unspecified atom stereocenters. The van der Waals surface area contributed by atoms with E-state index in [0.717, 1.165) is 22.9 Å². The van der Waals surface area contributed by atoms with E-state index in [4.69, 9.17) is 4.74 Å². The average Bonchev–Trinajstić information content (AvgIpc) is 3.58. The fourth-order valence-electron chi connectivity index (χ4n) is 7.13. The number of fused-ring (bicyclic) bond motifs is 2. The van der Waals surface area contributed by atoms with Crippen molar-refractivity contribution in [3.63, 3.8) is 0 Å². The topological polar surface area (TPSA) is 53.1 Å². The molecule has 0 N–H and O–H groups in total. The molecule has 6 rings (SSSR count). The number of halogens is 2. The van der Waals surface area contributed by atoms with Crippen molar-refractivity contribution in [1.82, 2.24) is 9.80 Å². The molecule has 3 heterocycles. The van der Waals surface area contributed by atoms with Gasteiger partial charge in [0.2, 0.25) is 5.91 Å². The summed E-state index contributed by atoms with van der Waals surface area (Å²) in [5, 5.41) is 0. The molecule has 3 aromatic carbocycles. The van der Waals surface area contributed by atoms with E-state index in [1.54, 1.807) is 4.90 Å². The molecule has 2 atom stereocenters. The molecule has 0 bridgehead atoms. The standard InChI is InChI=1S/C35H39F2N3O3/c1-34(2,3)39-20-27(26-14-13-25(36)19-30(26)37)28(21-39)32(41)38-17-15-35(16-18-38)23-40(31-12-8-7-11-29(31)35)33(42)43-22-24-9-5-4-6-10-24/h4-14,19,27-28H,15-18,20-23H2,1-3H3. The Labute approximate surface area is 252 Å². The third-order valence-corrected chi connectivity index (χ3v) is 9.63. The van der Waals surface area contributed by atoms with Gasteiger partial charge in [0, 0.05) is 55.7 Å². The highest BCUT2D eigenvalue weighted by molar-refractivity contribution is 5.91. The fourth-order valence-corrected chi connectivity index (χ4v) is 7.13. The zero-order valence-corrected chi connectivity index (χ0v) is 25.1. The second kappa shape index (κ2) is 11.4. The number of amides is 2. The maximum atomic E-state index is 15.0. The van der Waals surface area contributed by atoms with Crippen molar-refractivity contribution < 1.29 is 23.1 Å². The van der Waals surface area contributed by atoms with Gasteiger partial charge in [-0.2, -0.15) is 0 Å². The second-order valence-corrected chi connectivity index (χ2v) is 13.2. The van der Waals surface area contributed by atoms with Gasteiger partial charge in [-0.25, -0.2) is 13.6 Å². The number of anilines is 1. The minimum absolute atomic E-state index is 0.0146. The van der Waals surface area contributed by atoms with Crippen molar-refractivity contribution in [3.8, 4) is 0 Å². The van der Waals surface area contributed by atoms with Crippen LogP contribution in [0.15, 0.2) is 72.8 Å². The van der Waals surface area contributed by atoms with Gasteiger partial charge >= 0.3 is 6.09 Å². The molecule has 43 heavy (non-hydrogen) atoms. The Morgan fingerprint density at radius 3 is 2.33 bits per heavy atom. The largest absolute Gasteiger partial charge is 0.444 e. The van der Waals surface area contributed by atoms with Gasteiger partial charge in [-0.3, -0.25) is 14.6 Å². The number of hydrogen-bond donors (Lipinski definition) is 0. The second-order valence-electron chi connectivity index (χ2n) is 13.2. The highest BCUT2D eigenvalue weighted by Crippen LogP contribution is 2.48. The molecular weight excluding hydrogens is 548 g/mol. The summed E-state index contributed by atoms with van der Waals surface area (Å²) >= 11 is 0. The van der Waals surface area contributed by atoms with Crippen LogP contribution in [0.3, 0.4) is 0 Å². The number of rotatable bonds is 4. The molecule has 6 nitrogen and oxygen atoms in total. The van der Waals surface area contributed by atoms with Crippen molar-refractivity contribution >= 4 is 17.7 Å². The van der Waals surface area contributed by atoms with E-state index in [2.05, 4.69) is 31.7 Å².